The number of pyridine rings is 1. The third-order valence-corrected chi connectivity index (χ3v) is 2.94. The largest absolute Gasteiger partial charge is 0.440 e. The molecule has 2 rings (SSSR count). The van der Waals surface area contributed by atoms with Gasteiger partial charge in [-0.25, -0.2) is 4.79 Å². The molecular formula is C12H13F3N2O2. The maximum Gasteiger partial charge on any atom is 0.422 e. The van der Waals surface area contributed by atoms with Crippen LogP contribution in [0.2, 0.25) is 0 Å². The zero-order valence-electron chi connectivity index (χ0n) is 10.1. The monoisotopic (exact) mass is 274 g/mol. The van der Waals surface area contributed by atoms with Crippen molar-refractivity contribution in [1.82, 2.24) is 9.88 Å². The van der Waals surface area contributed by atoms with E-state index in [0.717, 1.165) is 12.0 Å². The molecule has 1 fully saturated rings. The number of carbonyl (C=O) groups is 1. The summed E-state index contributed by atoms with van der Waals surface area (Å²) < 4.78 is 40.3. The number of likely N-dealkylation sites (tertiary alicyclic amines) is 1. The van der Waals surface area contributed by atoms with Crippen LogP contribution in [0.3, 0.4) is 0 Å². The van der Waals surface area contributed by atoms with Crippen molar-refractivity contribution in [2.24, 2.45) is 0 Å². The molecule has 0 radical (unpaired) electrons. The molecule has 4 nitrogen and oxygen atoms in total. The Morgan fingerprint density at radius 2 is 2.11 bits per heavy atom. The molecule has 1 atom stereocenters. The molecule has 0 aromatic carbocycles. The number of carbonyl (C=O) groups excluding carboxylic acids is 1. The van der Waals surface area contributed by atoms with E-state index in [1.807, 2.05) is 0 Å². The second-order valence-corrected chi connectivity index (χ2v) is 4.30. The number of aromatic nitrogens is 1. The summed E-state index contributed by atoms with van der Waals surface area (Å²) in [5, 5.41) is 0. The van der Waals surface area contributed by atoms with Crippen LogP contribution in [-0.4, -0.2) is 35.3 Å². The van der Waals surface area contributed by atoms with Gasteiger partial charge in [-0.15, -0.1) is 0 Å². The average molecular weight is 274 g/mol. The highest BCUT2D eigenvalue weighted by Gasteiger charge is 2.34. The Morgan fingerprint density at radius 1 is 1.42 bits per heavy atom. The van der Waals surface area contributed by atoms with Gasteiger partial charge in [-0.05, 0) is 30.5 Å². The van der Waals surface area contributed by atoms with E-state index in [0.29, 0.717) is 13.0 Å². The first-order chi connectivity index (χ1) is 8.97. The average Bonchev–Trinajstić information content (AvgIpc) is 2.85. The van der Waals surface area contributed by atoms with Gasteiger partial charge < -0.3 is 9.64 Å². The summed E-state index contributed by atoms with van der Waals surface area (Å²) in [7, 11) is 0. The molecule has 104 valence electrons. The summed E-state index contributed by atoms with van der Waals surface area (Å²) in [6.07, 6.45) is -0.780. The topological polar surface area (TPSA) is 42.4 Å². The van der Waals surface area contributed by atoms with Gasteiger partial charge in [0.25, 0.3) is 0 Å². The molecule has 1 amide bonds. The maximum absolute atomic E-state index is 12.0. The van der Waals surface area contributed by atoms with Crippen LogP contribution in [0.15, 0.2) is 24.5 Å². The molecule has 1 aromatic heterocycles. The van der Waals surface area contributed by atoms with Crippen LogP contribution in [-0.2, 0) is 4.74 Å². The molecule has 0 saturated carbocycles. The standard InChI is InChI=1S/C12H13F3N2O2/c13-12(14,15)8-19-11(18)17-7-1-2-10(17)9-3-5-16-6-4-9/h3-6,10H,1-2,7-8H2. The fourth-order valence-corrected chi connectivity index (χ4v) is 2.14. The minimum atomic E-state index is -4.50. The van der Waals surface area contributed by atoms with Gasteiger partial charge in [-0.2, -0.15) is 13.2 Å². The van der Waals surface area contributed by atoms with Gasteiger partial charge in [0, 0.05) is 18.9 Å². The summed E-state index contributed by atoms with van der Waals surface area (Å²) in [5.74, 6) is 0. The molecule has 19 heavy (non-hydrogen) atoms. The van der Waals surface area contributed by atoms with Crippen molar-refractivity contribution in [3.8, 4) is 0 Å². The van der Waals surface area contributed by atoms with Crippen molar-refractivity contribution >= 4 is 6.09 Å². The molecule has 1 saturated heterocycles. The van der Waals surface area contributed by atoms with Crippen molar-refractivity contribution in [2.45, 2.75) is 25.1 Å². The molecule has 0 bridgehead atoms. The van der Waals surface area contributed by atoms with Crippen LogP contribution in [0.5, 0.6) is 0 Å². The maximum atomic E-state index is 12.0. The quantitative estimate of drug-likeness (QED) is 0.832. The molecule has 1 aliphatic rings. The summed E-state index contributed by atoms with van der Waals surface area (Å²) in [6, 6.07) is 3.27. The fraction of sp³-hybridized carbons (Fsp3) is 0.500. The van der Waals surface area contributed by atoms with E-state index in [2.05, 4.69) is 9.72 Å². The van der Waals surface area contributed by atoms with E-state index < -0.39 is 18.9 Å². The van der Waals surface area contributed by atoms with Gasteiger partial charge in [0.05, 0.1) is 6.04 Å². The van der Waals surface area contributed by atoms with Crippen LogP contribution in [0.1, 0.15) is 24.4 Å². The first-order valence-electron chi connectivity index (χ1n) is 5.87. The first kappa shape index (κ1) is 13.6. The molecule has 1 aliphatic heterocycles. The lowest BCUT2D eigenvalue weighted by Gasteiger charge is -2.24. The number of amides is 1. The Morgan fingerprint density at radius 3 is 2.74 bits per heavy atom. The van der Waals surface area contributed by atoms with E-state index >= 15 is 0 Å². The van der Waals surface area contributed by atoms with Crippen molar-refractivity contribution in [2.75, 3.05) is 13.2 Å². The summed E-state index contributed by atoms with van der Waals surface area (Å²) in [5.41, 5.74) is 0.858. The lowest BCUT2D eigenvalue weighted by atomic mass is 10.1. The molecular weight excluding hydrogens is 261 g/mol. The molecule has 0 aliphatic carbocycles. The molecule has 2 heterocycles. The highest BCUT2D eigenvalue weighted by atomic mass is 19.4. The summed E-state index contributed by atoms with van der Waals surface area (Å²) in [4.78, 5) is 16.9. The second kappa shape index (κ2) is 5.46. The second-order valence-electron chi connectivity index (χ2n) is 4.30. The lowest BCUT2D eigenvalue weighted by molar-refractivity contribution is -0.162. The van der Waals surface area contributed by atoms with Crippen molar-refractivity contribution in [3.63, 3.8) is 0 Å². The molecule has 1 unspecified atom stereocenters. The van der Waals surface area contributed by atoms with Crippen LogP contribution >= 0.6 is 0 Å². The van der Waals surface area contributed by atoms with E-state index in [4.69, 9.17) is 0 Å². The van der Waals surface area contributed by atoms with Gasteiger partial charge >= 0.3 is 12.3 Å². The zero-order valence-corrected chi connectivity index (χ0v) is 10.1. The fourth-order valence-electron chi connectivity index (χ4n) is 2.14. The van der Waals surface area contributed by atoms with E-state index in [9.17, 15) is 18.0 Å². The minimum absolute atomic E-state index is 0.233. The van der Waals surface area contributed by atoms with Crippen molar-refractivity contribution in [3.05, 3.63) is 30.1 Å². The van der Waals surface area contributed by atoms with E-state index in [-0.39, 0.29) is 6.04 Å². The predicted molar refractivity (Wildman–Crippen MR) is 60.3 cm³/mol. The number of nitrogens with zero attached hydrogens (tertiary/aromatic N) is 2. The molecule has 0 N–H and O–H groups in total. The Kier molecular flexibility index (Phi) is 3.92. The van der Waals surface area contributed by atoms with Crippen LogP contribution in [0.25, 0.3) is 0 Å². The molecule has 7 heteroatoms. The van der Waals surface area contributed by atoms with Gasteiger partial charge in [0.15, 0.2) is 6.61 Å². The highest BCUT2D eigenvalue weighted by molar-refractivity contribution is 5.68. The SMILES string of the molecule is O=C(OCC(F)(F)F)N1CCCC1c1ccncc1. The van der Waals surface area contributed by atoms with Gasteiger partial charge in [0.2, 0.25) is 0 Å². The number of alkyl halides is 3. The van der Waals surface area contributed by atoms with E-state index in [1.54, 1.807) is 24.5 Å². The normalized spacial score (nSPS) is 19.5. The third-order valence-electron chi connectivity index (χ3n) is 2.94. The van der Waals surface area contributed by atoms with Crippen LogP contribution in [0, 0.1) is 0 Å². The van der Waals surface area contributed by atoms with Crippen LogP contribution in [0.4, 0.5) is 18.0 Å². The van der Waals surface area contributed by atoms with Crippen LogP contribution < -0.4 is 0 Å². The first-order valence-corrected chi connectivity index (χ1v) is 5.87. The molecule has 1 aromatic rings. The van der Waals surface area contributed by atoms with E-state index in [1.165, 1.54) is 4.90 Å². The van der Waals surface area contributed by atoms with Gasteiger partial charge in [0.1, 0.15) is 0 Å². The number of hydrogen-bond donors (Lipinski definition) is 0. The molecule has 0 spiro atoms. The van der Waals surface area contributed by atoms with Crippen molar-refractivity contribution in [1.29, 1.82) is 0 Å². The Labute approximate surface area is 108 Å². The van der Waals surface area contributed by atoms with Crippen molar-refractivity contribution < 1.29 is 22.7 Å². The summed E-state index contributed by atoms with van der Waals surface area (Å²) >= 11 is 0. The van der Waals surface area contributed by atoms with Gasteiger partial charge in [-0.1, -0.05) is 0 Å². The minimum Gasteiger partial charge on any atom is -0.440 e. The number of halogens is 3. The number of rotatable bonds is 2. The zero-order chi connectivity index (χ0) is 13.9. The lowest BCUT2D eigenvalue weighted by Crippen LogP contribution is -2.33. The Hall–Kier alpha value is -1.79. The summed E-state index contributed by atoms with van der Waals surface area (Å²) in [6.45, 7) is -1.14. The third kappa shape index (κ3) is 3.59. The number of hydrogen-bond acceptors (Lipinski definition) is 3. The Balaban J connectivity index is 2.01. The van der Waals surface area contributed by atoms with Gasteiger partial charge in [-0.3, -0.25) is 4.98 Å². The highest BCUT2D eigenvalue weighted by Crippen LogP contribution is 2.32. The smallest absolute Gasteiger partial charge is 0.422 e. The Bertz CT molecular complexity index is 436. The predicted octanol–water partition coefficient (Wildman–Crippen LogP) is 2.92. The number of ether oxygens (including phenoxy) is 1.